The number of fused-ring (bicyclic) bond motifs is 1. The van der Waals surface area contributed by atoms with E-state index in [1.54, 1.807) is 6.07 Å². The second-order valence-electron chi connectivity index (χ2n) is 5.28. The first-order valence-electron chi connectivity index (χ1n) is 6.85. The number of nitrogens with zero attached hydrogens (tertiary/aromatic N) is 2. The molecule has 0 amide bonds. The first-order chi connectivity index (χ1) is 9.56. The van der Waals surface area contributed by atoms with E-state index in [1.165, 1.54) is 13.2 Å². The highest BCUT2D eigenvalue weighted by molar-refractivity contribution is 6.17. The fraction of sp³-hybridized carbons (Fsp3) is 0.533. The summed E-state index contributed by atoms with van der Waals surface area (Å²) in [6.07, 6.45) is 1.72. The summed E-state index contributed by atoms with van der Waals surface area (Å²) in [5.41, 5.74) is 1.57. The van der Waals surface area contributed by atoms with E-state index in [2.05, 4.69) is 23.4 Å². The Morgan fingerprint density at radius 1 is 1.40 bits per heavy atom. The van der Waals surface area contributed by atoms with Crippen LogP contribution in [0.15, 0.2) is 12.1 Å². The Labute approximate surface area is 123 Å². The molecule has 0 radical (unpaired) electrons. The average Bonchev–Trinajstić information content (AvgIpc) is 2.72. The molecule has 3 nitrogen and oxygen atoms in total. The largest absolute Gasteiger partial charge is 0.494 e. The van der Waals surface area contributed by atoms with Gasteiger partial charge in [-0.1, -0.05) is 13.8 Å². The lowest BCUT2D eigenvalue weighted by Gasteiger charge is -2.11. The average molecular weight is 299 g/mol. The third kappa shape index (κ3) is 3.06. The molecule has 20 heavy (non-hydrogen) atoms. The van der Waals surface area contributed by atoms with Gasteiger partial charge in [-0.25, -0.2) is 9.37 Å². The molecule has 0 unspecified atom stereocenters. The van der Waals surface area contributed by atoms with Crippen molar-refractivity contribution in [1.29, 1.82) is 0 Å². The SMILES string of the molecule is COc1cc2c(cc1F)nc(CCCl)n2CCC(C)C. The maximum absolute atomic E-state index is 13.8. The summed E-state index contributed by atoms with van der Waals surface area (Å²) in [6, 6.07) is 3.15. The number of ether oxygens (including phenoxy) is 1. The molecule has 0 N–H and O–H groups in total. The molecule has 2 rings (SSSR count). The Bertz CT molecular complexity index is 595. The summed E-state index contributed by atoms with van der Waals surface area (Å²) in [4.78, 5) is 4.50. The number of hydrogen-bond acceptors (Lipinski definition) is 2. The minimum Gasteiger partial charge on any atom is -0.494 e. The van der Waals surface area contributed by atoms with E-state index < -0.39 is 0 Å². The standard InChI is InChI=1S/C15H20ClFN2O/c1-10(2)5-7-19-13-9-14(20-3)11(17)8-12(13)18-15(19)4-6-16/h8-10H,4-7H2,1-3H3. The number of rotatable bonds is 6. The highest BCUT2D eigenvalue weighted by Crippen LogP contribution is 2.26. The third-order valence-corrected chi connectivity index (χ3v) is 3.54. The van der Waals surface area contributed by atoms with Crippen molar-refractivity contribution in [1.82, 2.24) is 9.55 Å². The van der Waals surface area contributed by atoms with Gasteiger partial charge in [-0.2, -0.15) is 0 Å². The molecule has 0 aliphatic rings. The van der Waals surface area contributed by atoms with E-state index in [9.17, 15) is 4.39 Å². The van der Waals surface area contributed by atoms with Crippen molar-refractivity contribution in [3.05, 3.63) is 23.8 Å². The summed E-state index contributed by atoms with van der Waals surface area (Å²) in [7, 11) is 1.47. The second-order valence-corrected chi connectivity index (χ2v) is 5.65. The molecule has 0 spiro atoms. The van der Waals surface area contributed by atoms with Crippen LogP contribution in [0, 0.1) is 11.7 Å². The van der Waals surface area contributed by atoms with Gasteiger partial charge in [0.2, 0.25) is 0 Å². The number of halogens is 2. The topological polar surface area (TPSA) is 27.1 Å². The third-order valence-electron chi connectivity index (χ3n) is 3.35. The van der Waals surface area contributed by atoms with Crippen LogP contribution in [0.3, 0.4) is 0 Å². The lowest BCUT2D eigenvalue weighted by atomic mass is 10.1. The summed E-state index contributed by atoms with van der Waals surface area (Å²) in [5, 5.41) is 0. The van der Waals surface area contributed by atoms with E-state index in [0.717, 1.165) is 24.3 Å². The second kappa shape index (κ2) is 6.44. The van der Waals surface area contributed by atoms with Crippen LogP contribution in [0.5, 0.6) is 5.75 Å². The van der Waals surface area contributed by atoms with Gasteiger partial charge in [0.25, 0.3) is 0 Å². The summed E-state index contributed by atoms with van der Waals surface area (Å²) in [5.74, 6) is 1.87. The predicted molar refractivity (Wildman–Crippen MR) is 80.1 cm³/mol. The number of imidazole rings is 1. The molecule has 0 atom stereocenters. The zero-order valence-corrected chi connectivity index (χ0v) is 12.9. The van der Waals surface area contributed by atoms with Crippen molar-refractivity contribution >= 4 is 22.6 Å². The Hall–Kier alpha value is -1.29. The Morgan fingerprint density at radius 2 is 2.15 bits per heavy atom. The van der Waals surface area contributed by atoms with Crippen molar-refractivity contribution in [2.45, 2.75) is 33.2 Å². The number of hydrogen-bond donors (Lipinski definition) is 0. The number of aromatic nitrogens is 2. The van der Waals surface area contributed by atoms with Crippen LogP contribution < -0.4 is 4.74 Å². The maximum atomic E-state index is 13.8. The van der Waals surface area contributed by atoms with Gasteiger partial charge in [-0.3, -0.25) is 0 Å². The number of benzene rings is 1. The van der Waals surface area contributed by atoms with E-state index >= 15 is 0 Å². The van der Waals surface area contributed by atoms with Crippen molar-refractivity contribution < 1.29 is 9.13 Å². The highest BCUT2D eigenvalue weighted by Gasteiger charge is 2.14. The van der Waals surface area contributed by atoms with Crippen LogP contribution in [0.2, 0.25) is 0 Å². The molecular formula is C15H20ClFN2O. The van der Waals surface area contributed by atoms with Crippen molar-refractivity contribution in [2.24, 2.45) is 5.92 Å². The van der Waals surface area contributed by atoms with Gasteiger partial charge in [-0.15, -0.1) is 11.6 Å². The lowest BCUT2D eigenvalue weighted by molar-refractivity contribution is 0.387. The maximum Gasteiger partial charge on any atom is 0.167 e. The fourth-order valence-corrected chi connectivity index (χ4v) is 2.41. The summed E-state index contributed by atoms with van der Waals surface area (Å²) in [6.45, 7) is 5.22. The van der Waals surface area contributed by atoms with Crippen LogP contribution in [0.1, 0.15) is 26.1 Å². The van der Waals surface area contributed by atoms with E-state index in [4.69, 9.17) is 16.3 Å². The highest BCUT2D eigenvalue weighted by atomic mass is 35.5. The quantitative estimate of drug-likeness (QED) is 0.753. The Kier molecular flexibility index (Phi) is 4.86. The first kappa shape index (κ1) is 15.1. The van der Waals surface area contributed by atoms with Gasteiger partial charge in [0.1, 0.15) is 5.82 Å². The minimum atomic E-state index is -0.383. The number of methoxy groups -OCH3 is 1. The lowest BCUT2D eigenvalue weighted by Crippen LogP contribution is -2.07. The summed E-state index contributed by atoms with van der Waals surface area (Å²) < 4.78 is 20.9. The molecule has 5 heteroatoms. The number of aryl methyl sites for hydroxylation is 2. The molecule has 2 aromatic rings. The predicted octanol–water partition coefficient (Wildman–Crippen LogP) is 4.01. The van der Waals surface area contributed by atoms with Gasteiger partial charge >= 0.3 is 0 Å². The first-order valence-corrected chi connectivity index (χ1v) is 7.38. The molecular weight excluding hydrogens is 279 g/mol. The molecule has 1 aromatic heterocycles. The van der Waals surface area contributed by atoms with Crippen molar-refractivity contribution in [3.63, 3.8) is 0 Å². The summed E-state index contributed by atoms with van der Waals surface area (Å²) >= 11 is 5.84. The molecule has 0 saturated heterocycles. The smallest absolute Gasteiger partial charge is 0.167 e. The number of alkyl halides is 1. The minimum absolute atomic E-state index is 0.251. The molecule has 0 aliphatic carbocycles. The van der Waals surface area contributed by atoms with Crippen LogP contribution >= 0.6 is 11.6 Å². The molecule has 110 valence electrons. The normalized spacial score (nSPS) is 11.5. The van der Waals surface area contributed by atoms with Gasteiger partial charge < -0.3 is 9.30 Å². The zero-order chi connectivity index (χ0) is 14.7. The van der Waals surface area contributed by atoms with Crippen molar-refractivity contribution in [2.75, 3.05) is 13.0 Å². The van der Waals surface area contributed by atoms with Crippen LogP contribution in [-0.2, 0) is 13.0 Å². The molecule has 0 saturated carbocycles. The van der Waals surface area contributed by atoms with E-state index in [-0.39, 0.29) is 11.6 Å². The molecule has 0 bridgehead atoms. The monoisotopic (exact) mass is 298 g/mol. The Morgan fingerprint density at radius 3 is 2.75 bits per heavy atom. The zero-order valence-electron chi connectivity index (χ0n) is 12.1. The molecule has 0 aliphatic heterocycles. The van der Waals surface area contributed by atoms with Gasteiger partial charge in [0, 0.05) is 31.0 Å². The van der Waals surface area contributed by atoms with Gasteiger partial charge in [0.05, 0.1) is 18.1 Å². The van der Waals surface area contributed by atoms with Crippen molar-refractivity contribution in [3.8, 4) is 5.75 Å². The van der Waals surface area contributed by atoms with Gasteiger partial charge in [-0.05, 0) is 12.3 Å². The van der Waals surface area contributed by atoms with E-state index in [0.29, 0.717) is 23.7 Å². The molecule has 1 heterocycles. The Balaban J connectivity index is 2.50. The van der Waals surface area contributed by atoms with Crippen LogP contribution in [-0.4, -0.2) is 22.5 Å². The van der Waals surface area contributed by atoms with Crippen LogP contribution in [0.25, 0.3) is 11.0 Å². The fourth-order valence-electron chi connectivity index (χ4n) is 2.24. The van der Waals surface area contributed by atoms with Gasteiger partial charge in [0.15, 0.2) is 11.6 Å². The molecule has 0 fully saturated rings. The van der Waals surface area contributed by atoms with E-state index in [1.807, 2.05) is 0 Å². The molecule has 1 aromatic carbocycles. The van der Waals surface area contributed by atoms with Crippen LogP contribution in [0.4, 0.5) is 4.39 Å².